The maximum Gasteiger partial charge on any atom is 0.128 e. The third-order valence-corrected chi connectivity index (χ3v) is 4.24. The summed E-state index contributed by atoms with van der Waals surface area (Å²) in [5.74, 6) is 0.630. The van der Waals surface area contributed by atoms with Crippen molar-refractivity contribution < 1.29 is 4.39 Å². The van der Waals surface area contributed by atoms with Gasteiger partial charge >= 0.3 is 0 Å². The molecule has 3 heteroatoms. The lowest BCUT2D eigenvalue weighted by molar-refractivity contribution is 0.255. The van der Waals surface area contributed by atoms with Gasteiger partial charge in [0.2, 0.25) is 0 Å². The van der Waals surface area contributed by atoms with Crippen LogP contribution in [-0.4, -0.2) is 30.6 Å². The molecule has 2 aliphatic rings. The van der Waals surface area contributed by atoms with E-state index in [2.05, 4.69) is 10.2 Å². The molecule has 1 aromatic rings. The van der Waals surface area contributed by atoms with Gasteiger partial charge in [0.05, 0.1) is 0 Å². The van der Waals surface area contributed by atoms with Crippen molar-refractivity contribution in [1.82, 2.24) is 4.90 Å². The van der Waals surface area contributed by atoms with E-state index in [9.17, 15) is 4.39 Å². The second-order valence-corrected chi connectivity index (χ2v) is 5.30. The van der Waals surface area contributed by atoms with Crippen molar-refractivity contribution in [3.05, 3.63) is 29.6 Å². The summed E-state index contributed by atoms with van der Waals surface area (Å²) < 4.78 is 13.5. The Morgan fingerprint density at radius 2 is 2.12 bits per heavy atom. The van der Waals surface area contributed by atoms with E-state index < -0.39 is 0 Å². The molecule has 2 aliphatic heterocycles. The van der Waals surface area contributed by atoms with Crippen LogP contribution in [0.2, 0.25) is 0 Å². The normalized spacial score (nSPS) is 31.5. The molecule has 0 radical (unpaired) electrons. The van der Waals surface area contributed by atoms with E-state index >= 15 is 0 Å². The number of nitrogens with zero attached hydrogens (tertiary/aromatic N) is 1. The first-order chi connectivity index (χ1) is 8.24. The molecule has 1 aromatic carbocycles. The first-order valence-electron chi connectivity index (χ1n) is 6.48. The third-order valence-electron chi connectivity index (χ3n) is 4.24. The molecule has 0 spiro atoms. The van der Waals surface area contributed by atoms with Crippen molar-refractivity contribution in [3.8, 4) is 0 Å². The first-order valence-corrected chi connectivity index (χ1v) is 6.48. The Hall–Kier alpha value is -1.09. The number of nitrogens with one attached hydrogen (secondary N) is 1. The smallest absolute Gasteiger partial charge is 0.128 e. The maximum atomic E-state index is 13.5. The van der Waals surface area contributed by atoms with Crippen LogP contribution < -0.4 is 5.32 Å². The average molecular weight is 234 g/mol. The zero-order chi connectivity index (χ0) is 11.8. The minimum atomic E-state index is -0.112. The fourth-order valence-corrected chi connectivity index (χ4v) is 3.11. The maximum absolute atomic E-state index is 13.5. The minimum absolute atomic E-state index is 0.112. The second kappa shape index (κ2) is 4.30. The molecule has 1 N–H and O–H groups in total. The van der Waals surface area contributed by atoms with Crippen LogP contribution >= 0.6 is 0 Å². The Bertz CT molecular complexity index is 419. The molecule has 0 amide bonds. The molecule has 0 saturated carbocycles. The Balaban J connectivity index is 1.76. The van der Waals surface area contributed by atoms with Crippen LogP contribution in [0, 0.1) is 18.7 Å². The van der Waals surface area contributed by atoms with Gasteiger partial charge in [-0.1, -0.05) is 6.07 Å². The third kappa shape index (κ3) is 2.04. The summed E-state index contributed by atoms with van der Waals surface area (Å²) in [5.41, 5.74) is 1.71. The lowest BCUT2D eigenvalue weighted by atomic mass is 9.93. The molecule has 3 unspecified atom stereocenters. The summed E-state index contributed by atoms with van der Waals surface area (Å²) in [5, 5.41) is 3.55. The molecule has 2 bridgehead atoms. The van der Waals surface area contributed by atoms with Crippen molar-refractivity contribution in [2.24, 2.45) is 5.92 Å². The Labute approximate surface area is 102 Å². The van der Waals surface area contributed by atoms with Gasteiger partial charge in [0, 0.05) is 30.4 Å². The molecule has 2 fully saturated rings. The van der Waals surface area contributed by atoms with Crippen molar-refractivity contribution in [2.45, 2.75) is 25.8 Å². The van der Waals surface area contributed by atoms with E-state index in [0.29, 0.717) is 6.04 Å². The highest BCUT2D eigenvalue weighted by molar-refractivity contribution is 5.51. The molecule has 2 saturated heterocycles. The van der Waals surface area contributed by atoms with Crippen molar-refractivity contribution in [3.63, 3.8) is 0 Å². The predicted octanol–water partition coefficient (Wildman–Crippen LogP) is 2.64. The number of benzene rings is 1. The first kappa shape index (κ1) is 11.0. The van der Waals surface area contributed by atoms with E-state index in [1.54, 1.807) is 6.07 Å². The fraction of sp³-hybridized carbons (Fsp3) is 0.571. The van der Waals surface area contributed by atoms with Gasteiger partial charge in [-0.3, -0.25) is 0 Å². The van der Waals surface area contributed by atoms with E-state index in [-0.39, 0.29) is 5.82 Å². The Morgan fingerprint density at radius 3 is 3.00 bits per heavy atom. The molecule has 0 aromatic heterocycles. The molecule has 2 heterocycles. The lowest BCUT2D eigenvalue weighted by Crippen LogP contribution is -2.39. The van der Waals surface area contributed by atoms with Crippen LogP contribution in [0.4, 0.5) is 10.1 Å². The standard InChI is InChI=1S/C14H19FN2/c1-10-12(15)3-2-4-13(10)16-14-6-8-17-7-5-11(14)9-17/h2-4,11,14,16H,5-9H2,1H3. The van der Waals surface area contributed by atoms with Crippen LogP contribution in [0.5, 0.6) is 0 Å². The molecular weight excluding hydrogens is 215 g/mol. The number of hydrogen-bond acceptors (Lipinski definition) is 2. The van der Waals surface area contributed by atoms with E-state index in [1.165, 1.54) is 38.5 Å². The number of piperidine rings is 1. The number of anilines is 1. The summed E-state index contributed by atoms with van der Waals surface area (Å²) in [7, 11) is 0. The van der Waals surface area contributed by atoms with Crippen LogP contribution in [-0.2, 0) is 0 Å². The van der Waals surface area contributed by atoms with Gasteiger partial charge in [0.25, 0.3) is 0 Å². The zero-order valence-corrected chi connectivity index (χ0v) is 10.2. The van der Waals surface area contributed by atoms with Gasteiger partial charge in [0.1, 0.15) is 5.82 Å². The molecular formula is C14H19FN2. The Kier molecular flexibility index (Phi) is 2.79. The molecule has 3 atom stereocenters. The van der Waals surface area contributed by atoms with E-state index in [4.69, 9.17) is 0 Å². The number of halogens is 1. The predicted molar refractivity (Wildman–Crippen MR) is 67.7 cm³/mol. The van der Waals surface area contributed by atoms with Gasteiger partial charge in [-0.15, -0.1) is 0 Å². The summed E-state index contributed by atoms with van der Waals surface area (Å²) in [6, 6.07) is 5.82. The number of fused-ring (bicyclic) bond motifs is 2. The van der Waals surface area contributed by atoms with Crippen LogP contribution in [0.25, 0.3) is 0 Å². The average Bonchev–Trinajstić information content (AvgIpc) is 2.71. The SMILES string of the molecule is Cc1c(F)cccc1NC1CCN2CCC1C2. The minimum Gasteiger partial charge on any atom is -0.382 e. The van der Waals surface area contributed by atoms with Crippen molar-refractivity contribution in [1.29, 1.82) is 0 Å². The van der Waals surface area contributed by atoms with E-state index in [1.807, 2.05) is 13.0 Å². The largest absolute Gasteiger partial charge is 0.382 e. The summed E-state index contributed by atoms with van der Waals surface area (Å²) in [6.07, 6.45) is 2.46. The molecule has 2 nitrogen and oxygen atoms in total. The van der Waals surface area contributed by atoms with Gasteiger partial charge in [-0.25, -0.2) is 4.39 Å². The molecule has 92 valence electrons. The molecule has 17 heavy (non-hydrogen) atoms. The van der Waals surface area contributed by atoms with E-state index in [0.717, 1.165) is 17.2 Å². The topological polar surface area (TPSA) is 15.3 Å². The fourth-order valence-electron chi connectivity index (χ4n) is 3.11. The Morgan fingerprint density at radius 1 is 1.29 bits per heavy atom. The highest BCUT2D eigenvalue weighted by Gasteiger charge is 2.34. The highest BCUT2D eigenvalue weighted by atomic mass is 19.1. The quantitative estimate of drug-likeness (QED) is 0.846. The van der Waals surface area contributed by atoms with Crippen LogP contribution in [0.15, 0.2) is 18.2 Å². The van der Waals surface area contributed by atoms with Gasteiger partial charge in [-0.2, -0.15) is 0 Å². The van der Waals surface area contributed by atoms with Gasteiger partial charge < -0.3 is 10.2 Å². The lowest BCUT2D eigenvalue weighted by Gasteiger charge is -2.32. The monoisotopic (exact) mass is 234 g/mol. The number of hydrogen-bond donors (Lipinski definition) is 1. The highest BCUT2D eigenvalue weighted by Crippen LogP contribution is 2.30. The van der Waals surface area contributed by atoms with Crippen molar-refractivity contribution in [2.75, 3.05) is 25.0 Å². The summed E-state index contributed by atoms with van der Waals surface area (Å²) in [4.78, 5) is 2.53. The summed E-state index contributed by atoms with van der Waals surface area (Å²) in [6.45, 7) is 5.49. The van der Waals surface area contributed by atoms with Gasteiger partial charge in [-0.05, 0) is 44.4 Å². The number of rotatable bonds is 2. The van der Waals surface area contributed by atoms with Crippen LogP contribution in [0.1, 0.15) is 18.4 Å². The van der Waals surface area contributed by atoms with Crippen molar-refractivity contribution >= 4 is 5.69 Å². The van der Waals surface area contributed by atoms with Crippen LogP contribution in [0.3, 0.4) is 0 Å². The van der Waals surface area contributed by atoms with Gasteiger partial charge in [0.15, 0.2) is 0 Å². The molecule has 3 rings (SSSR count). The zero-order valence-electron chi connectivity index (χ0n) is 10.2. The molecule has 0 aliphatic carbocycles. The second-order valence-electron chi connectivity index (χ2n) is 5.30. The summed E-state index contributed by atoms with van der Waals surface area (Å²) >= 11 is 0.